The molecule has 0 saturated heterocycles. The SMILES string of the molecule is CC(Sc1nc(N)c(C(=O)Nc2ccccc2)cc1C#N)C(=O)NC1CC1. The Balaban J connectivity index is 1.77. The van der Waals surface area contributed by atoms with Gasteiger partial charge in [-0.3, -0.25) is 9.59 Å². The molecule has 1 aromatic carbocycles. The van der Waals surface area contributed by atoms with E-state index in [0.29, 0.717) is 10.7 Å². The Labute approximate surface area is 161 Å². The van der Waals surface area contributed by atoms with Gasteiger partial charge in [-0.15, -0.1) is 0 Å². The normalized spacial score (nSPS) is 14.1. The average Bonchev–Trinajstić information content (AvgIpc) is 3.46. The first-order valence-electron chi connectivity index (χ1n) is 8.52. The molecule has 3 rings (SSSR count). The number of benzene rings is 1. The Morgan fingerprint density at radius 3 is 2.67 bits per heavy atom. The van der Waals surface area contributed by atoms with Crippen molar-refractivity contribution in [2.45, 2.75) is 36.1 Å². The Kier molecular flexibility index (Phi) is 5.62. The number of amides is 2. The van der Waals surface area contributed by atoms with E-state index in [1.807, 2.05) is 12.1 Å². The lowest BCUT2D eigenvalue weighted by molar-refractivity contribution is -0.120. The smallest absolute Gasteiger partial charge is 0.259 e. The van der Waals surface area contributed by atoms with Crippen LogP contribution >= 0.6 is 11.8 Å². The van der Waals surface area contributed by atoms with Crippen LogP contribution in [-0.4, -0.2) is 28.1 Å². The molecule has 1 atom stereocenters. The van der Waals surface area contributed by atoms with Crippen LogP contribution in [0.25, 0.3) is 0 Å². The molecule has 1 aliphatic rings. The standard InChI is InChI=1S/C19H19N5O2S/c1-11(17(25)22-14-7-8-14)27-19-12(10-20)9-15(16(21)24-19)18(26)23-13-5-3-2-4-6-13/h2-6,9,11,14H,7-8H2,1H3,(H2,21,24)(H,22,25)(H,23,26). The highest BCUT2D eigenvalue weighted by atomic mass is 32.2. The maximum absolute atomic E-state index is 12.5. The predicted molar refractivity (Wildman–Crippen MR) is 104 cm³/mol. The Bertz CT molecular complexity index is 906. The zero-order chi connectivity index (χ0) is 19.4. The highest BCUT2D eigenvalue weighted by Gasteiger charge is 2.27. The average molecular weight is 381 g/mol. The predicted octanol–water partition coefficient (Wildman–Crippen LogP) is 2.55. The second-order valence-corrected chi connectivity index (χ2v) is 7.58. The molecule has 1 aliphatic carbocycles. The number of nitrogens with two attached hydrogens (primary N) is 1. The summed E-state index contributed by atoms with van der Waals surface area (Å²) in [6, 6.07) is 12.6. The van der Waals surface area contributed by atoms with Crippen LogP contribution < -0.4 is 16.4 Å². The molecule has 2 amide bonds. The summed E-state index contributed by atoms with van der Waals surface area (Å²) in [4.78, 5) is 28.8. The lowest BCUT2D eigenvalue weighted by Gasteiger charge is -2.13. The molecule has 1 saturated carbocycles. The van der Waals surface area contributed by atoms with Crippen LogP contribution in [0.3, 0.4) is 0 Å². The van der Waals surface area contributed by atoms with Gasteiger partial charge in [-0.1, -0.05) is 30.0 Å². The quantitative estimate of drug-likeness (QED) is 0.661. The molecular weight excluding hydrogens is 362 g/mol. The molecule has 138 valence electrons. The van der Waals surface area contributed by atoms with Crippen molar-refractivity contribution in [1.29, 1.82) is 5.26 Å². The van der Waals surface area contributed by atoms with E-state index < -0.39 is 11.2 Å². The molecule has 0 aliphatic heterocycles. The molecule has 0 spiro atoms. The number of carbonyl (C=O) groups is 2. The van der Waals surface area contributed by atoms with Gasteiger partial charge in [-0.2, -0.15) is 5.26 Å². The number of para-hydroxylation sites is 1. The summed E-state index contributed by atoms with van der Waals surface area (Å²) < 4.78 is 0. The van der Waals surface area contributed by atoms with Crippen molar-refractivity contribution in [3.63, 3.8) is 0 Å². The maximum atomic E-state index is 12.5. The minimum absolute atomic E-state index is 0.0136. The Hall–Kier alpha value is -3.05. The molecule has 0 bridgehead atoms. The summed E-state index contributed by atoms with van der Waals surface area (Å²) in [5, 5.41) is 15.0. The van der Waals surface area contributed by atoms with Gasteiger partial charge in [-0.05, 0) is 38.0 Å². The van der Waals surface area contributed by atoms with Gasteiger partial charge in [0.2, 0.25) is 5.91 Å². The molecule has 4 N–H and O–H groups in total. The number of aromatic nitrogens is 1. The minimum Gasteiger partial charge on any atom is -0.383 e. The summed E-state index contributed by atoms with van der Waals surface area (Å²) >= 11 is 1.15. The second kappa shape index (κ2) is 8.10. The van der Waals surface area contributed by atoms with Gasteiger partial charge in [-0.25, -0.2) is 4.98 Å². The van der Waals surface area contributed by atoms with Crippen LogP contribution in [0.2, 0.25) is 0 Å². The monoisotopic (exact) mass is 381 g/mol. The summed E-state index contributed by atoms with van der Waals surface area (Å²) in [6.45, 7) is 1.75. The summed E-state index contributed by atoms with van der Waals surface area (Å²) in [5.41, 5.74) is 6.89. The number of hydrogen-bond acceptors (Lipinski definition) is 6. The van der Waals surface area contributed by atoms with Crippen molar-refractivity contribution in [3.05, 3.63) is 47.5 Å². The van der Waals surface area contributed by atoms with E-state index in [0.717, 1.165) is 24.6 Å². The van der Waals surface area contributed by atoms with E-state index in [4.69, 9.17) is 5.73 Å². The highest BCUT2D eigenvalue weighted by molar-refractivity contribution is 8.00. The summed E-state index contributed by atoms with van der Waals surface area (Å²) in [5.74, 6) is -0.531. The topological polar surface area (TPSA) is 121 Å². The van der Waals surface area contributed by atoms with Gasteiger partial charge >= 0.3 is 0 Å². The molecule has 0 radical (unpaired) electrons. The van der Waals surface area contributed by atoms with Gasteiger partial charge in [0.1, 0.15) is 16.9 Å². The number of nitrogen functional groups attached to an aromatic ring is 1. The van der Waals surface area contributed by atoms with E-state index in [1.54, 1.807) is 31.2 Å². The number of rotatable bonds is 6. The van der Waals surface area contributed by atoms with Crippen molar-refractivity contribution < 1.29 is 9.59 Å². The molecular formula is C19H19N5O2S. The lowest BCUT2D eigenvalue weighted by atomic mass is 10.2. The summed E-state index contributed by atoms with van der Waals surface area (Å²) in [6.07, 6.45) is 2.01. The molecule has 1 aromatic heterocycles. The van der Waals surface area contributed by atoms with Crippen molar-refractivity contribution in [2.75, 3.05) is 11.1 Å². The van der Waals surface area contributed by atoms with E-state index in [-0.39, 0.29) is 28.9 Å². The number of thioether (sulfide) groups is 1. The van der Waals surface area contributed by atoms with Gasteiger partial charge < -0.3 is 16.4 Å². The van der Waals surface area contributed by atoms with Crippen molar-refractivity contribution in [1.82, 2.24) is 10.3 Å². The molecule has 2 aromatic rings. The zero-order valence-corrected chi connectivity index (χ0v) is 15.5. The highest BCUT2D eigenvalue weighted by Crippen LogP contribution is 2.29. The van der Waals surface area contributed by atoms with Crippen LogP contribution in [-0.2, 0) is 4.79 Å². The van der Waals surface area contributed by atoms with Gasteiger partial charge in [0.05, 0.1) is 16.4 Å². The fourth-order valence-corrected chi connectivity index (χ4v) is 3.24. The van der Waals surface area contributed by atoms with Crippen molar-refractivity contribution >= 4 is 35.1 Å². The van der Waals surface area contributed by atoms with Crippen LogP contribution in [0.5, 0.6) is 0 Å². The first-order valence-corrected chi connectivity index (χ1v) is 9.40. The number of pyridine rings is 1. The molecule has 1 fully saturated rings. The number of hydrogen-bond donors (Lipinski definition) is 3. The fraction of sp³-hybridized carbons (Fsp3) is 0.263. The third-order valence-corrected chi connectivity index (χ3v) is 5.10. The zero-order valence-electron chi connectivity index (χ0n) is 14.7. The van der Waals surface area contributed by atoms with Crippen LogP contribution in [0.4, 0.5) is 11.5 Å². The van der Waals surface area contributed by atoms with Crippen LogP contribution in [0.15, 0.2) is 41.4 Å². The molecule has 7 nitrogen and oxygen atoms in total. The molecule has 1 heterocycles. The fourth-order valence-electron chi connectivity index (χ4n) is 2.35. The van der Waals surface area contributed by atoms with E-state index >= 15 is 0 Å². The van der Waals surface area contributed by atoms with E-state index in [9.17, 15) is 14.9 Å². The number of nitrogens with one attached hydrogen (secondary N) is 2. The van der Waals surface area contributed by atoms with Gasteiger partial charge in [0.15, 0.2) is 0 Å². The lowest BCUT2D eigenvalue weighted by Crippen LogP contribution is -2.32. The maximum Gasteiger partial charge on any atom is 0.259 e. The summed E-state index contributed by atoms with van der Waals surface area (Å²) in [7, 11) is 0. The number of carbonyl (C=O) groups excluding carboxylic acids is 2. The van der Waals surface area contributed by atoms with Crippen LogP contribution in [0, 0.1) is 11.3 Å². The molecule has 27 heavy (non-hydrogen) atoms. The minimum atomic E-state index is -0.446. The number of anilines is 2. The largest absolute Gasteiger partial charge is 0.383 e. The van der Waals surface area contributed by atoms with Crippen molar-refractivity contribution in [2.24, 2.45) is 0 Å². The van der Waals surface area contributed by atoms with Gasteiger partial charge in [0, 0.05) is 11.7 Å². The second-order valence-electron chi connectivity index (χ2n) is 6.25. The first kappa shape index (κ1) is 18.7. The van der Waals surface area contributed by atoms with E-state index in [2.05, 4.69) is 15.6 Å². The first-order chi connectivity index (χ1) is 13.0. The molecule has 1 unspecified atom stereocenters. The third kappa shape index (κ3) is 4.77. The molecule has 8 heteroatoms. The Morgan fingerprint density at radius 2 is 2.04 bits per heavy atom. The van der Waals surface area contributed by atoms with Gasteiger partial charge in [0.25, 0.3) is 5.91 Å². The Morgan fingerprint density at radius 1 is 1.33 bits per heavy atom. The van der Waals surface area contributed by atoms with E-state index in [1.165, 1.54) is 6.07 Å². The third-order valence-electron chi connectivity index (χ3n) is 4.00. The number of nitriles is 1. The van der Waals surface area contributed by atoms with Crippen LogP contribution in [0.1, 0.15) is 35.7 Å². The number of nitrogens with zero attached hydrogens (tertiary/aromatic N) is 2. The van der Waals surface area contributed by atoms with Crippen molar-refractivity contribution in [3.8, 4) is 6.07 Å².